The van der Waals surface area contributed by atoms with Crippen LogP contribution in [0.15, 0.2) is 30.3 Å². The van der Waals surface area contributed by atoms with Crippen LogP contribution in [0.5, 0.6) is 11.5 Å². The van der Waals surface area contributed by atoms with Crippen molar-refractivity contribution in [3.63, 3.8) is 0 Å². The number of methoxy groups -OCH3 is 2. The Morgan fingerprint density at radius 2 is 2.00 bits per heavy atom. The first kappa shape index (κ1) is 14.5. The lowest BCUT2D eigenvalue weighted by Crippen LogP contribution is -2.02. The van der Waals surface area contributed by atoms with Gasteiger partial charge >= 0.3 is 0 Å². The van der Waals surface area contributed by atoms with Crippen LogP contribution in [0.2, 0.25) is 0 Å². The van der Waals surface area contributed by atoms with Crippen molar-refractivity contribution >= 4 is 0 Å². The highest BCUT2D eigenvalue weighted by Gasteiger charge is 2.22. The zero-order valence-electron chi connectivity index (χ0n) is 13.0. The van der Waals surface area contributed by atoms with Crippen molar-refractivity contribution in [2.75, 3.05) is 14.2 Å². The molecule has 0 radical (unpaired) electrons. The molecule has 3 heteroatoms. The van der Waals surface area contributed by atoms with Gasteiger partial charge in [-0.2, -0.15) is 5.26 Å². The molecule has 22 heavy (non-hydrogen) atoms. The van der Waals surface area contributed by atoms with Crippen molar-refractivity contribution in [3.8, 4) is 17.6 Å². The van der Waals surface area contributed by atoms with Crippen LogP contribution < -0.4 is 9.47 Å². The number of ether oxygens (including phenoxy) is 2. The van der Waals surface area contributed by atoms with Gasteiger partial charge in [-0.1, -0.05) is 12.1 Å². The number of hydrogen-bond donors (Lipinski definition) is 0. The van der Waals surface area contributed by atoms with Crippen LogP contribution in [-0.4, -0.2) is 14.2 Å². The van der Waals surface area contributed by atoms with Crippen molar-refractivity contribution in [3.05, 3.63) is 58.1 Å². The Morgan fingerprint density at radius 3 is 2.73 bits per heavy atom. The summed E-state index contributed by atoms with van der Waals surface area (Å²) in [5, 5.41) is 9.59. The van der Waals surface area contributed by atoms with Crippen LogP contribution in [0.25, 0.3) is 0 Å². The van der Waals surface area contributed by atoms with E-state index >= 15 is 0 Å². The lowest BCUT2D eigenvalue weighted by molar-refractivity contribution is 0.412. The van der Waals surface area contributed by atoms with E-state index in [-0.39, 0.29) is 0 Å². The second-order valence-corrected chi connectivity index (χ2v) is 5.56. The first-order chi connectivity index (χ1) is 10.8. The topological polar surface area (TPSA) is 42.2 Å². The zero-order valence-corrected chi connectivity index (χ0v) is 13.0. The van der Waals surface area contributed by atoms with Gasteiger partial charge in [0.25, 0.3) is 0 Å². The highest BCUT2D eigenvalue weighted by molar-refractivity contribution is 5.58. The van der Waals surface area contributed by atoms with Crippen LogP contribution in [0.3, 0.4) is 0 Å². The Bertz CT molecular complexity index is 744. The average molecular weight is 293 g/mol. The quantitative estimate of drug-likeness (QED) is 0.864. The molecule has 0 saturated heterocycles. The van der Waals surface area contributed by atoms with E-state index < -0.39 is 0 Å². The summed E-state index contributed by atoms with van der Waals surface area (Å²) in [6.45, 7) is 0. The van der Waals surface area contributed by atoms with Gasteiger partial charge in [0.2, 0.25) is 0 Å². The summed E-state index contributed by atoms with van der Waals surface area (Å²) in [6, 6.07) is 12.4. The fourth-order valence-corrected chi connectivity index (χ4v) is 3.27. The molecule has 1 aliphatic carbocycles. The van der Waals surface area contributed by atoms with Crippen LogP contribution in [-0.2, 0) is 19.3 Å². The van der Waals surface area contributed by atoms with Crippen LogP contribution in [0.1, 0.15) is 34.2 Å². The Labute approximate surface area is 131 Å². The molecular weight excluding hydrogens is 274 g/mol. The molecule has 1 aliphatic rings. The van der Waals surface area contributed by atoms with E-state index in [2.05, 4.69) is 12.1 Å². The van der Waals surface area contributed by atoms with Crippen molar-refractivity contribution in [1.29, 1.82) is 5.26 Å². The van der Waals surface area contributed by atoms with Gasteiger partial charge in [-0.15, -0.1) is 0 Å². The fourth-order valence-electron chi connectivity index (χ4n) is 3.27. The van der Waals surface area contributed by atoms with E-state index in [9.17, 15) is 5.26 Å². The Hall–Kier alpha value is -2.47. The minimum absolute atomic E-state index is 0.672. The summed E-state index contributed by atoms with van der Waals surface area (Å²) >= 11 is 0. The number of nitrogens with zero attached hydrogens (tertiary/aromatic N) is 1. The van der Waals surface area contributed by atoms with E-state index in [1.165, 1.54) is 11.1 Å². The Kier molecular flexibility index (Phi) is 4.02. The molecule has 0 N–H and O–H groups in total. The molecule has 2 aromatic carbocycles. The van der Waals surface area contributed by atoms with Crippen molar-refractivity contribution in [2.45, 2.75) is 25.7 Å². The van der Waals surface area contributed by atoms with Gasteiger partial charge in [-0.25, -0.2) is 0 Å². The van der Waals surface area contributed by atoms with Crippen LogP contribution >= 0.6 is 0 Å². The third-order valence-corrected chi connectivity index (χ3v) is 4.33. The normalized spacial score (nSPS) is 12.6. The summed E-state index contributed by atoms with van der Waals surface area (Å²) in [4.78, 5) is 0. The molecule has 0 aliphatic heterocycles. The molecule has 2 aromatic rings. The lowest BCUT2D eigenvalue weighted by Gasteiger charge is -2.15. The highest BCUT2D eigenvalue weighted by Crippen LogP contribution is 2.35. The standard InChI is InChI=1S/C19H19NO2/c1-21-15-7-3-5-13(9-15)10-17-16-8-4-6-14(16)11-19(22-2)18(17)12-20/h3,5,7,9,11H,4,6,8,10H2,1-2H3. The molecule has 0 amide bonds. The fraction of sp³-hybridized carbons (Fsp3) is 0.316. The summed E-state index contributed by atoms with van der Waals surface area (Å²) in [7, 11) is 3.30. The van der Waals surface area contributed by atoms with Gasteiger partial charge in [0.05, 0.1) is 19.8 Å². The number of fused-ring (bicyclic) bond motifs is 1. The molecule has 0 unspecified atom stereocenters. The van der Waals surface area contributed by atoms with Gasteiger partial charge in [-0.3, -0.25) is 0 Å². The highest BCUT2D eigenvalue weighted by atomic mass is 16.5. The van der Waals surface area contributed by atoms with E-state index in [1.54, 1.807) is 14.2 Å². The molecule has 0 aromatic heterocycles. The molecule has 0 atom stereocenters. The largest absolute Gasteiger partial charge is 0.497 e. The predicted molar refractivity (Wildman–Crippen MR) is 85.5 cm³/mol. The average Bonchev–Trinajstić information content (AvgIpc) is 3.03. The molecule has 0 bridgehead atoms. The third-order valence-electron chi connectivity index (χ3n) is 4.33. The summed E-state index contributed by atoms with van der Waals surface area (Å²) in [5.41, 5.74) is 5.60. The Balaban J connectivity index is 2.09. The molecule has 0 saturated carbocycles. The van der Waals surface area contributed by atoms with Crippen molar-refractivity contribution in [2.24, 2.45) is 0 Å². The monoisotopic (exact) mass is 293 g/mol. The van der Waals surface area contributed by atoms with Gasteiger partial charge in [0, 0.05) is 0 Å². The third kappa shape index (κ3) is 2.53. The zero-order chi connectivity index (χ0) is 15.5. The van der Waals surface area contributed by atoms with Gasteiger partial charge in [0.1, 0.15) is 17.6 Å². The first-order valence-corrected chi connectivity index (χ1v) is 7.51. The summed E-state index contributed by atoms with van der Waals surface area (Å²) < 4.78 is 10.7. The van der Waals surface area contributed by atoms with E-state index in [0.717, 1.165) is 42.6 Å². The molecule has 0 fully saturated rings. The van der Waals surface area contributed by atoms with Crippen molar-refractivity contribution in [1.82, 2.24) is 0 Å². The SMILES string of the molecule is COc1cccc(Cc2c(C#N)c(OC)cc3c2CCC3)c1. The second kappa shape index (κ2) is 6.11. The van der Waals surface area contributed by atoms with Gasteiger partial charge in [-0.05, 0) is 66.1 Å². The molecule has 112 valence electrons. The predicted octanol–water partition coefficient (Wildman–Crippen LogP) is 3.65. The van der Waals surface area contributed by atoms with Crippen molar-refractivity contribution < 1.29 is 9.47 Å². The van der Waals surface area contributed by atoms with Gasteiger partial charge < -0.3 is 9.47 Å². The maximum atomic E-state index is 9.59. The molecule has 3 rings (SSSR count). The summed E-state index contributed by atoms with van der Waals surface area (Å²) in [5.74, 6) is 1.54. The maximum Gasteiger partial charge on any atom is 0.137 e. The number of nitriles is 1. The number of rotatable bonds is 4. The van der Waals surface area contributed by atoms with E-state index in [4.69, 9.17) is 9.47 Å². The van der Waals surface area contributed by atoms with Gasteiger partial charge in [0.15, 0.2) is 0 Å². The lowest BCUT2D eigenvalue weighted by atomic mass is 9.92. The molecular formula is C19H19NO2. The van der Waals surface area contributed by atoms with E-state index in [1.807, 2.05) is 24.3 Å². The number of benzene rings is 2. The maximum absolute atomic E-state index is 9.59. The van der Waals surface area contributed by atoms with Crippen LogP contribution in [0, 0.1) is 11.3 Å². The minimum atomic E-state index is 0.672. The smallest absolute Gasteiger partial charge is 0.137 e. The molecule has 3 nitrogen and oxygen atoms in total. The van der Waals surface area contributed by atoms with E-state index in [0.29, 0.717) is 11.3 Å². The number of aryl methyl sites for hydroxylation is 1. The minimum Gasteiger partial charge on any atom is -0.497 e. The number of hydrogen-bond acceptors (Lipinski definition) is 3. The van der Waals surface area contributed by atoms with Crippen LogP contribution in [0.4, 0.5) is 0 Å². The molecule has 0 heterocycles. The Morgan fingerprint density at radius 1 is 1.14 bits per heavy atom. The first-order valence-electron chi connectivity index (χ1n) is 7.51. The second-order valence-electron chi connectivity index (χ2n) is 5.56. The summed E-state index contributed by atoms with van der Waals surface area (Å²) in [6.07, 6.45) is 4.01. The molecule has 0 spiro atoms.